The van der Waals surface area contributed by atoms with E-state index in [9.17, 15) is 61.5 Å². The maximum atomic E-state index is 13.4. The van der Waals surface area contributed by atoms with Crippen molar-refractivity contribution in [1.82, 2.24) is 29.9 Å². The third kappa shape index (κ3) is 26.3. The first kappa shape index (κ1) is 70.9. The van der Waals surface area contributed by atoms with Crippen LogP contribution in [0.3, 0.4) is 0 Å². The first-order valence-electron chi connectivity index (χ1n) is 28.2. The Hall–Kier alpha value is -6.56. The van der Waals surface area contributed by atoms with E-state index in [4.69, 9.17) is 0 Å². The van der Waals surface area contributed by atoms with Crippen LogP contribution in [0.1, 0.15) is 146 Å². The van der Waals surface area contributed by atoms with Gasteiger partial charge in [-0.2, -0.15) is 48.3 Å². The summed E-state index contributed by atoms with van der Waals surface area (Å²) in [5.41, 5.74) is 6.63. The average molecular weight is 1220 g/mol. The first-order chi connectivity index (χ1) is 40.2. The summed E-state index contributed by atoms with van der Waals surface area (Å²) in [5.74, 6) is -4.08. The van der Waals surface area contributed by atoms with Crippen molar-refractivity contribution in [3.63, 3.8) is 0 Å². The largest absolute Gasteiger partial charge is 0.527 e. The van der Waals surface area contributed by atoms with Crippen LogP contribution in [0.15, 0.2) is 110 Å². The van der Waals surface area contributed by atoms with Crippen LogP contribution >= 0.6 is 0 Å². The second kappa shape index (κ2) is 34.6. The molecule has 0 aliphatic carbocycles. The van der Waals surface area contributed by atoms with Gasteiger partial charge in [-0.05, 0) is 111 Å². The zero-order valence-corrected chi connectivity index (χ0v) is 47.8. The van der Waals surface area contributed by atoms with Crippen LogP contribution in [-0.4, -0.2) is 79.9 Å². The van der Waals surface area contributed by atoms with Gasteiger partial charge in [-0.1, -0.05) is 134 Å². The molecule has 0 spiro atoms. The molecule has 0 aliphatic heterocycles. The molecule has 0 saturated carbocycles. The Bertz CT molecular complexity index is 2770. The highest BCUT2D eigenvalue weighted by Gasteiger charge is 2.65. The fraction of sp³-hybridized carbons (Fsp3) is 0.508. The highest BCUT2D eigenvalue weighted by Crippen LogP contribution is 2.42. The van der Waals surface area contributed by atoms with Crippen molar-refractivity contribution in [3.8, 4) is 45.7 Å². The zero-order valence-electron chi connectivity index (χ0n) is 47.8. The maximum Gasteiger partial charge on any atom is 0.527 e. The fourth-order valence-electron chi connectivity index (χ4n) is 7.90. The topological polar surface area (TPSA) is 114 Å². The molecule has 0 amide bonds. The van der Waals surface area contributed by atoms with Crippen molar-refractivity contribution in [2.24, 2.45) is 0 Å². The number of ether oxygens (including phenoxy) is 4. The Labute approximate surface area is 486 Å². The second-order valence-corrected chi connectivity index (χ2v) is 20.1. The molecule has 0 atom stereocenters. The first-order valence-corrected chi connectivity index (χ1v) is 28.2. The summed E-state index contributed by atoms with van der Waals surface area (Å²) in [7, 11) is 0. The molecular weight excluding hydrogens is 1150 g/mol. The van der Waals surface area contributed by atoms with Gasteiger partial charge >= 0.3 is 36.8 Å². The smallest absolute Gasteiger partial charge is 0.487 e. The molecule has 6 rings (SSSR count). The van der Waals surface area contributed by atoms with Crippen LogP contribution in [0.25, 0.3) is 34.2 Å². The van der Waals surface area contributed by atoms with E-state index in [1.807, 2.05) is 12.4 Å². The van der Waals surface area contributed by atoms with E-state index in [-0.39, 0.29) is 11.5 Å². The lowest BCUT2D eigenvalue weighted by Crippen LogP contribution is -2.49. The van der Waals surface area contributed by atoms with E-state index in [1.54, 1.807) is 24.8 Å². The number of unbranched alkanes of at least 4 members (excludes halogenated alkanes) is 13. The van der Waals surface area contributed by atoms with Crippen molar-refractivity contribution in [2.75, 3.05) is 13.2 Å². The van der Waals surface area contributed by atoms with E-state index in [1.165, 1.54) is 124 Å². The van der Waals surface area contributed by atoms with Crippen LogP contribution in [0.2, 0.25) is 0 Å². The molecule has 6 aromatic rings. The van der Waals surface area contributed by atoms with Crippen LogP contribution in [-0.2, 0) is 28.7 Å². The Morgan fingerprint density at radius 3 is 0.988 bits per heavy atom. The fourth-order valence-corrected chi connectivity index (χ4v) is 7.90. The predicted molar refractivity (Wildman–Crippen MR) is 294 cm³/mol. The van der Waals surface area contributed by atoms with Gasteiger partial charge in [-0.25, -0.2) is 39.4 Å². The molecule has 0 fully saturated rings. The molecule has 0 bridgehead atoms. The highest BCUT2D eigenvalue weighted by molar-refractivity contribution is 5.57. The van der Waals surface area contributed by atoms with Gasteiger partial charge in [0, 0.05) is 53.9 Å². The molecular formula is C61H72F14N6O4. The molecule has 0 N–H and O–H groups in total. The van der Waals surface area contributed by atoms with Gasteiger partial charge in [-0.3, -0.25) is 0 Å². The van der Waals surface area contributed by atoms with Crippen LogP contribution in [0.4, 0.5) is 61.5 Å². The van der Waals surface area contributed by atoms with Gasteiger partial charge in [0.15, 0.2) is 30.7 Å². The summed E-state index contributed by atoms with van der Waals surface area (Å²) in [6.07, 6.45) is 4.16. The number of alkyl halides is 14. The monoisotopic (exact) mass is 1220 g/mol. The number of aryl methyl sites for hydroxylation is 4. The molecule has 3 aromatic heterocycles. The van der Waals surface area contributed by atoms with E-state index in [2.05, 4.69) is 101 Å². The lowest BCUT2D eigenvalue weighted by atomic mass is 10.1. The lowest BCUT2D eigenvalue weighted by molar-refractivity contribution is -0.467. The van der Waals surface area contributed by atoms with E-state index in [0.29, 0.717) is 22.8 Å². The molecule has 0 radical (unpaired) electrons. The highest BCUT2D eigenvalue weighted by atomic mass is 19.4. The number of hydrogen-bond acceptors (Lipinski definition) is 10. The molecule has 3 heterocycles. The van der Waals surface area contributed by atoms with Crippen molar-refractivity contribution in [2.45, 2.75) is 186 Å². The number of nitrogens with zero attached hydrogens (tertiary/aromatic N) is 6. The Balaban J connectivity index is 0.000000280. The Kier molecular flexibility index (Phi) is 28.8. The summed E-state index contributed by atoms with van der Waals surface area (Å²) >= 11 is 0. The van der Waals surface area contributed by atoms with Gasteiger partial charge in [0.25, 0.3) is 0 Å². The third-order valence-corrected chi connectivity index (χ3v) is 12.7. The zero-order chi connectivity index (χ0) is 62.6. The minimum absolute atomic E-state index is 0.183. The van der Waals surface area contributed by atoms with Gasteiger partial charge in [0.1, 0.15) is 11.5 Å². The summed E-state index contributed by atoms with van der Waals surface area (Å²) < 4.78 is 191. The maximum absolute atomic E-state index is 13.4. The quantitative estimate of drug-likeness (QED) is 0.0299. The number of benzene rings is 3. The van der Waals surface area contributed by atoms with Crippen molar-refractivity contribution in [3.05, 3.63) is 132 Å². The summed E-state index contributed by atoms with van der Waals surface area (Å²) in [4.78, 5) is 26.0. The van der Waals surface area contributed by atoms with Crippen molar-refractivity contribution < 1.29 is 80.4 Å². The van der Waals surface area contributed by atoms with E-state index in [0.717, 1.165) is 80.3 Å². The minimum atomic E-state index is -6.28. The van der Waals surface area contributed by atoms with Gasteiger partial charge in [0.05, 0.1) is 0 Å². The Morgan fingerprint density at radius 1 is 0.353 bits per heavy atom. The van der Waals surface area contributed by atoms with E-state index < -0.39 is 50.0 Å². The van der Waals surface area contributed by atoms with Crippen molar-refractivity contribution >= 4 is 0 Å². The summed E-state index contributed by atoms with van der Waals surface area (Å²) in [5, 5.41) is 0. The Morgan fingerprint density at radius 2 is 0.659 bits per heavy atom. The lowest BCUT2D eigenvalue weighted by Gasteiger charge is -2.26. The molecule has 3 aromatic carbocycles. The molecule has 10 nitrogen and oxygen atoms in total. The number of hydrogen-bond donors (Lipinski definition) is 0. The molecule has 0 unspecified atom stereocenters. The van der Waals surface area contributed by atoms with E-state index >= 15 is 0 Å². The second-order valence-electron chi connectivity index (χ2n) is 20.1. The predicted octanol–water partition coefficient (Wildman–Crippen LogP) is 19.0. The van der Waals surface area contributed by atoms with Crippen LogP contribution in [0, 0.1) is 6.92 Å². The molecule has 0 saturated heterocycles. The minimum Gasteiger partial charge on any atom is -0.487 e. The molecule has 24 heteroatoms. The average Bonchev–Trinajstić information content (AvgIpc) is 3.54. The third-order valence-electron chi connectivity index (χ3n) is 12.7. The normalized spacial score (nSPS) is 12.3. The molecule has 0 aliphatic rings. The van der Waals surface area contributed by atoms with Crippen LogP contribution < -0.4 is 9.47 Å². The molecule has 85 heavy (non-hydrogen) atoms. The standard InChI is InChI=1S/C22H25F7N2O2.C20H21F7N2O2.C19H26N2/c1-2-3-4-5-6-7-8-16-13-30-19(31-14-16)17-9-11-18(12-10-17)32-15-20(23,24)33-22(28,29)21(25,26)27;1-2-3-4-5-6-14-11-28-17(29-12-14)15-7-9-16(10-8-15)30-13-18(21,22)19(23,24)31-20(25,26)27;1-3-4-5-6-7-8-9-17-14-20-19(21-15-17)18-12-10-16(2)11-13-18/h9-14H,2-8,15H2,1H3;7-12H,2-6,13H2,1H3;10-15H,3-9H2,1-2H3. The van der Waals surface area contributed by atoms with Gasteiger partial charge in [-0.15, -0.1) is 13.2 Å². The summed E-state index contributed by atoms with van der Waals surface area (Å²) in [6, 6.07) is 18.9. The summed E-state index contributed by atoms with van der Waals surface area (Å²) in [6.45, 7) is 4.79. The SMILES string of the molecule is CCCCCCCCc1cnc(-c2ccc(C)cc2)nc1.CCCCCCCCc1cnc(-c2ccc(OCC(F)(F)OC(F)(F)C(F)(F)F)cc2)nc1.CCCCCCc1cnc(-c2ccc(OCC(F)(F)C(F)(F)OC(F)(F)F)cc2)nc1. The molecule has 468 valence electrons. The number of halogens is 14. The van der Waals surface area contributed by atoms with Gasteiger partial charge < -0.3 is 9.47 Å². The van der Waals surface area contributed by atoms with Crippen molar-refractivity contribution in [1.29, 1.82) is 0 Å². The number of aromatic nitrogens is 6. The van der Waals surface area contributed by atoms with Gasteiger partial charge in [0.2, 0.25) is 0 Å². The number of rotatable bonds is 32. The van der Waals surface area contributed by atoms with Crippen LogP contribution in [0.5, 0.6) is 11.5 Å².